The third-order valence-corrected chi connectivity index (χ3v) is 3.42. The van der Waals surface area contributed by atoms with E-state index < -0.39 is 0 Å². The lowest BCUT2D eigenvalue weighted by Gasteiger charge is -2.05. The summed E-state index contributed by atoms with van der Waals surface area (Å²) in [5, 5.41) is 5.05. The lowest BCUT2D eigenvalue weighted by Crippen LogP contribution is -1.93. The lowest BCUT2D eigenvalue weighted by atomic mass is 10.1. The molecule has 0 saturated heterocycles. The molecule has 1 heterocycles. The molecule has 5 heteroatoms. The number of hydrogen-bond acceptors (Lipinski definition) is 3. The van der Waals surface area contributed by atoms with Crippen LogP contribution in [0, 0.1) is 5.82 Å². The van der Waals surface area contributed by atoms with Gasteiger partial charge in [0.05, 0.1) is 11.7 Å². The summed E-state index contributed by atoms with van der Waals surface area (Å²) in [5.74, 6) is -0.295. The Labute approximate surface area is 132 Å². The number of benzene rings is 2. The van der Waals surface area contributed by atoms with E-state index in [1.54, 1.807) is 42.7 Å². The predicted molar refractivity (Wildman–Crippen MR) is 85.5 cm³/mol. The summed E-state index contributed by atoms with van der Waals surface area (Å²) in [4.78, 5) is 9.48. The van der Waals surface area contributed by atoms with Gasteiger partial charge in [-0.2, -0.15) is 0 Å². The van der Waals surface area contributed by atoms with E-state index in [2.05, 4.69) is 10.1 Å². The maximum absolute atomic E-state index is 13.7. The molecular weight excluding hydrogens is 303 g/mol. The van der Waals surface area contributed by atoms with Crippen LogP contribution in [0.2, 0.25) is 5.02 Å². The summed E-state index contributed by atoms with van der Waals surface area (Å²) in [6.45, 7) is 0.220. The Hall–Kier alpha value is -2.46. The molecule has 0 aliphatic rings. The van der Waals surface area contributed by atoms with Gasteiger partial charge in [0.15, 0.2) is 0 Å². The molecule has 0 radical (unpaired) electrons. The van der Waals surface area contributed by atoms with Gasteiger partial charge in [0.25, 0.3) is 0 Å². The maximum Gasteiger partial charge on any atom is 0.144 e. The molecule has 0 aliphatic heterocycles. The second kappa shape index (κ2) is 6.54. The molecule has 3 aromatic rings. The summed E-state index contributed by atoms with van der Waals surface area (Å²) >= 11 is 5.81. The normalized spacial score (nSPS) is 11.2. The topological polar surface area (TPSA) is 34.5 Å². The summed E-state index contributed by atoms with van der Waals surface area (Å²) in [6.07, 6.45) is 3.22. The van der Waals surface area contributed by atoms with E-state index in [1.165, 1.54) is 6.07 Å². The first-order valence-electron chi connectivity index (χ1n) is 6.67. The van der Waals surface area contributed by atoms with E-state index in [0.717, 1.165) is 11.1 Å². The molecule has 3 nitrogen and oxygen atoms in total. The van der Waals surface area contributed by atoms with Gasteiger partial charge >= 0.3 is 0 Å². The van der Waals surface area contributed by atoms with Gasteiger partial charge in [-0.1, -0.05) is 35.0 Å². The van der Waals surface area contributed by atoms with Crippen LogP contribution in [0.15, 0.2) is 59.9 Å². The van der Waals surface area contributed by atoms with Crippen molar-refractivity contribution in [3.8, 4) is 0 Å². The highest BCUT2D eigenvalue weighted by Gasteiger charge is 2.06. The Bertz CT molecular complexity index is 819. The van der Waals surface area contributed by atoms with Crippen molar-refractivity contribution < 1.29 is 9.23 Å². The quantitative estimate of drug-likeness (QED) is 0.522. The highest BCUT2D eigenvalue weighted by Crippen LogP contribution is 2.20. The maximum atomic E-state index is 13.7. The predicted octanol–water partition coefficient (Wildman–Crippen LogP) is 4.58. The molecule has 0 saturated carbocycles. The second-order valence-electron chi connectivity index (χ2n) is 4.67. The highest BCUT2D eigenvalue weighted by atomic mass is 35.5. The van der Waals surface area contributed by atoms with E-state index >= 15 is 0 Å². The second-order valence-corrected chi connectivity index (χ2v) is 5.10. The van der Waals surface area contributed by atoms with Crippen molar-refractivity contribution in [1.82, 2.24) is 4.98 Å². The molecule has 0 N–H and O–H groups in total. The van der Waals surface area contributed by atoms with Crippen molar-refractivity contribution in [3.63, 3.8) is 0 Å². The number of pyridine rings is 1. The van der Waals surface area contributed by atoms with E-state index in [1.807, 2.05) is 12.1 Å². The van der Waals surface area contributed by atoms with Gasteiger partial charge in [-0.25, -0.2) is 4.39 Å². The fourth-order valence-corrected chi connectivity index (χ4v) is 2.19. The minimum Gasteiger partial charge on any atom is -0.391 e. The van der Waals surface area contributed by atoms with E-state index in [9.17, 15) is 4.39 Å². The molecule has 0 aliphatic carbocycles. The first-order valence-corrected chi connectivity index (χ1v) is 7.05. The molecule has 0 spiro atoms. The number of oxime groups is 1. The van der Waals surface area contributed by atoms with Crippen LogP contribution < -0.4 is 0 Å². The van der Waals surface area contributed by atoms with Crippen molar-refractivity contribution in [1.29, 1.82) is 0 Å². The molecule has 0 fully saturated rings. The molecule has 1 aromatic heterocycles. The van der Waals surface area contributed by atoms with Crippen molar-refractivity contribution in [2.24, 2.45) is 5.16 Å². The number of rotatable bonds is 4. The largest absolute Gasteiger partial charge is 0.391 e. The van der Waals surface area contributed by atoms with E-state index in [-0.39, 0.29) is 12.4 Å². The van der Waals surface area contributed by atoms with Crippen LogP contribution in [0.4, 0.5) is 4.39 Å². The van der Waals surface area contributed by atoms with Crippen LogP contribution in [-0.2, 0) is 11.4 Å². The highest BCUT2D eigenvalue weighted by molar-refractivity contribution is 6.30. The van der Waals surface area contributed by atoms with Gasteiger partial charge in [-0.05, 0) is 35.9 Å². The molecule has 110 valence electrons. The van der Waals surface area contributed by atoms with Gasteiger partial charge in [0.2, 0.25) is 0 Å². The molecule has 22 heavy (non-hydrogen) atoms. The number of nitrogens with zero attached hydrogens (tertiary/aromatic N) is 2. The smallest absolute Gasteiger partial charge is 0.144 e. The van der Waals surface area contributed by atoms with Gasteiger partial charge in [0, 0.05) is 22.2 Å². The summed E-state index contributed by atoms with van der Waals surface area (Å²) < 4.78 is 13.7. The fraction of sp³-hybridized carbons (Fsp3) is 0.0588. The lowest BCUT2D eigenvalue weighted by molar-refractivity contribution is 0.133. The van der Waals surface area contributed by atoms with E-state index in [0.29, 0.717) is 15.9 Å². The third kappa shape index (κ3) is 3.23. The number of hydrogen-bond donors (Lipinski definition) is 0. The molecule has 0 unspecified atom stereocenters. The zero-order valence-corrected chi connectivity index (χ0v) is 12.3. The summed E-state index contributed by atoms with van der Waals surface area (Å²) in [7, 11) is 0. The number of aromatic nitrogens is 1. The van der Waals surface area contributed by atoms with Crippen molar-refractivity contribution >= 4 is 28.7 Å². The minimum atomic E-state index is -0.295. The monoisotopic (exact) mass is 314 g/mol. The molecule has 3 rings (SSSR count). The standard InChI is InChI=1S/C17H12ClFN2O/c18-14-6-3-12(4-7-14)10-21-22-11-13-5-8-16(19)15-2-1-9-20-17(13)15/h1-10H,11H2/b21-10+. The Morgan fingerprint density at radius 3 is 2.77 bits per heavy atom. The molecule has 0 bridgehead atoms. The zero-order valence-electron chi connectivity index (χ0n) is 11.5. The van der Waals surface area contributed by atoms with Crippen molar-refractivity contribution in [2.45, 2.75) is 6.61 Å². The van der Waals surface area contributed by atoms with Crippen LogP contribution in [-0.4, -0.2) is 11.2 Å². The molecular formula is C17H12ClFN2O. The van der Waals surface area contributed by atoms with Crippen LogP contribution >= 0.6 is 11.6 Å². The zero-order chi connectivity index (χ0) is 15.4. The van der Waals surface area contributed by atoms with Crippen LogP contribution in [0.1, 0.15) is 11.1 Å². The van der Waals surface area contributed by atoms with Crippen molar-refractivity contribution in [2.75, 3.05) is 0 Å². The summed E-state index contributed by atoms with van der Waals surface area (Å²) in [5.41, 5.74) is 2.25. The number of fused-ring (bicyclic) bond motifs is 1. The first-order chi connectivity index (χ1) is 10.7. The fourth-order valence-electron chi connectivity index (χ4n) is 2.07. The Balaban J connectivity index is 1.72. The third-order valence-electron chi connectivity index (χ3n) is 3.17. The summed E-state index contributed by atoms with van der Waals surface area (Å²) in [6, 6.07) is 13.7. The van der Waals surface area contributed by atoms with E-state index in [4.69, 9.17) is 16.4 Å². The van der Waals surface area contributed by atoms with Crippen molar-refractivity contribution in [3.05, 3.63) is 76.7 Å². The minimum absolute atomic E-state index is 0.220. The average molecular weight is 315 g/mol. The van der Waals surface area contributed by atoms with Gasteiger partial charge in [-0.3, -0.25) is 4.98 Å². The Morgan fingerprint density at radius 2 is 1.95 bits per heavy atom. The number of halogens is 2. The van der Waals surface area contributed by atoms with Crippen LogP contribution in [0.3, 0.4) is 0 Å². The van der Waals surface area contributed by atoms with Crippen LogP contribution in [0.5, 0.6) is 0 Å². The SMILES string of the molecule is Fc1ccc(CO/N=C/c2ccc(Cl)cc2)c2ncccc12. The van der Waals surface area contributed by atoms with Crippen LogP contribution in [0.25, 0.3) is 10.9 Å². The molecule has 2 aromatic carbocycles. The van der Waals surface area contributed by atoms with Gasteiger partial charge in [0.1, 0.15) is 12.4 Å². The average Bonchev–Trinajstić information content (AvgIpc) is 2.55. The first kappa shape index (κ1) is 14.5. The Kier molecular flexibility index (Phi) is 4.30. The van der Waals surface area contributed by atoms with Gasteiger partial charge in [-0.15, -0.1) is 0 Å². The van der Waals surface area contributed by atoms with Gasteiger partial charge < -0.3 is 4.84 Å². The Morgan fingerprint density at radius 1 is 1.14 bits per heavy atom. The molecule has 0 amide bonds. The molecule has 0 atom stereocenters.